The molecular formula is C8H6N6S2. The summed E-state index contributed by atoms with van der Waals surface area (Å²) in [5.74, 6) is 0.232. The Bertz CT molecular complexity index is 617. The highest BCUT2D eigenvalue weighted by Crippen LogP contribution is 2.32. The molecule has 0 saturated heterocycles. The van der Waals surface area contributed by atoms with Gasteiger partial charge in [-0.3, -0.25) is 5.10 Å². The molecule has 0 aliphatic carbocycles. The molecule has 0 aliphatic heterocycles. The van der Waals surface area contributed by atoms with Crippen LogP contribution in [0.5, 0.6) is 0 Å². The van der Waals surface area contributed by atoms with E-state index < -0.39 is 0 Å². The molecule has 0 atom stereocenters. The number of H-pyrrole nitrogens is 1. The molecule has 8 heteroatoms. The molecule has 6 nitrogen and oxygen atoms in total. The minimum absolute atomic E-state index is 0.232. The second-order valence-corrected chi connectivity index (χ2v) is 5.05. The molecule has 3 N–H and O–H groups in total. The van der Waals surface area contributed by atoms with Crippen molar-refractivity contribution in [1.29, 1.82) is 0 Å². The molecule has 0 aliphatic rings. The van der Waals surface area contributed by atoms with Crippen LogP contribution in [-0.2, 0) is 0 Å². The fourth-order valence-corrected chi connectivity index (χ4v) is 2.88. The Labute approximate surface area is 98.3 Å². The number of rotatable bonds is 2. The van der Waals surface area contributed by atoms with Crippen LogP contribution in [0.2, 0.25) is 0 Å². The average Bonchev–Trinajstić information content (AvgIpc) is 2.87. The number of hydrogen-bond donors (Lipinski definition) is 2. The molecule has 3 aromatic rings. The van der Waals surface area contributed by atoms with E-state index in [2.05, 4.69) is 25.1 Å². The maximum Gasteiger partial charge on any atom is 0.223 e. The Morgan fingerprint density at radius 1 is 1.38 bits per heavy atom. The Hall–Kier alpha value is -1.67. The molecule has 0 radical (unpaired) electrons. The molecule has 3 aromatic heterocycles. The largest absolute Gasteiger partial charge is 0.368 e. The lowest BCUT2D eigenvalue weighted by molar-refractivity contribution is 1.08. The van der Waals surface area contributed by atoms with Crippen molar-refractivity contribution in [1.82, 2.24) is 25.1 Å². The SMILES string of the molecule is Nc1nc(Sc2nccs2)c2cn[nH]c2n1. The standard InChI is InChI=1S/C8H6N6S2/c9-7-12-5-4(3-11-14-5)6(13-7)16-8-10-1-2-15-8/h1-3H,(H3,9,11,12,13,14). The normalized spacial score (nSPS) is 11.0. The van der Waals surface area contributed by atoms with E-state index in [0.717, 1.165) is 14.8 Å². The minimum atomic E-state index is 0.232. The van der Waals surface area contributed by atoms with E-state index in [-0.39, 0.29) is 5.95 Å². The summed E-state index contributed by atoms with van der Waals surface area (Å²) in [4.78, 5) is 12.4. The summed E-state index contributed by atoms with van der Waals surface area (Å²) in [6, 6.07) is 0. The van der Waals surface area contributed by atoms with Crippen molar-refractivity contribution in [2.75, 3.05) is 5.73 Å². The number of thiazole rings is 1. The first-order valence-electron chi connectivity index (χ1n) is 4.37. The molecule has 0 unspecified atom stereocenters. The van der Waals surface area contributed by atoms with E-state index in [1.165, 1.54) is 11.8 Å². The van der Waals surface area contributed by atoms with E-state index in [4.69, 9.17) is 5.73 Å². The maximum atomic E-state index is 5.61. The van der Waals surface area contributed by atoms with Crippen molar-refractivity contribution >= 4 is 40.1 Å². The summed E-state index contributed by atoms with van der Waals surface area (Å²) in [6.45, 7) is 0. The van der Waals surface area contributed by atoms with Gasteiger partial charge in [0.2, 0.25) is 5.95 Å². The van der Waals surface area contributed by atoms with Gasteiger partial charge in [0.25, 0.3) is 0 Å². The van der Waals surface area contributed by atoms with Crippen LogP contribution >= 0.6 is 23.1 Å². The van der Waals surface area contributed by atoms with Gasteiger partial charge in [-0.05, 0) is 11.8 Å². The second kappa shape index (κ2) is 3.72. The van der Waals surface area contributed by atoms with Crippen LogP contribution in [0, 0.1) is 0 Å². The van der Waals surface area contributed by atoms with Crippen LogP contribution in [0.3, 0.4) is 0 Å². The molecule has 0 aromatic carbocycles. The summed E-state index contributed by atoms with van der Waals surface area (Å²) in [5, 5.41) is 10.2. The van der Waals surface area contributed by atoms with Crippen molar-refractivity contribution in [2.24, 2.45) is 0 Å². The number of fused-ring (bicyclic) bond motifs is 1. The number of nitrogens with two attached hydrogens (primary N) is 1. The van der Waals surface area contributed by atoms with E-state index >= 15 is 0 Å². The second-order valence-electron chi connectivity index (χ2n) is 2.92. The molecular weight excluding hydrogens is 244 g/mol. The number of nitrogen functional groups attached to an aromatic ring is 1. The lowest BCUT2D eigenvalue weighted by atomic mass is 10.4. The van der Waals surface area contributed by atoms with E-state index in [1.807, 2.05) is 5.38 Å². The fourth-order valence-electron chi connectivity index (χ4n) is 1.25. The number of anilines is 1. The Morgan fingerprint density at radius 2 is 2.31 bits per heavy atom. The fraction of sp³-hybridized carbons (Fsp3) is 0. The smallest absolute Gasteiger partial charge is 0.223 e. The van der Waals surface area contributed by atoms with Gasteiger partial charge < -0.3 is 5.73 Å². The predicted octanol–water partition coefficient (Wildman–Crippen LogP) is 1.54. The van der Waals surface area contributed by atoms with Crippen LogP contribution in [-0.4, -0.2) is 25.1 Å². The summed E-state index contributed by atoms with van der Waals surface area (Å²) in [6.07, 6.45) is 3.44. The van der Waals surface area contributed by atoms with Crippen molar-refractivity contribution in [3.05, 3.63) is 17.8 Å². The number of aromatic nitrogens is 5. The maximum absolute atomic E-state index is 5.61. The number of aromatic amines is 1. The lowest BCUT2D eigenvalue weighted by Crippen LogP contribution is -1.96. The molecule has 80 valence electrons. The molecule has 0 amide bonds. The van der Waals surface area contributed by atoms with Crippen molar-refractivity contribution < 1.29 is 0 Å². The number of hydrogen-bond acceptors (Lipinski definition) is 7. The average molecular weight is 250 g/mol. The Morgan fingerprint density at radius 3 is 3.12 bits per heavy atom. The number of nitrogens with one attached hydrogen (secondary N) is 1. The third kappa shape index (κ3) is 1.61. The monoisotopic (exact) mass is 250 g/mol. The van der Waals surface area contributed by atoms with Gasteiger partial charge in [-0.25, -0.2) is 9.97 Å². The molecule has 0 bridgehead atoms. The molecule has 0 saturated carbocycles. The van der Waals surface area contributed by atoms with Gasteiger partial charge in [-0.2, -0.15) is 10.1 Å². The van der Waals surface area contributed by atoms with Crippen molar-refractivity contribution in [2.45, 2.75) is 9.37 Å². The van der Waals surface area contributed by atoms with Gasteiger partial charge in [0, 0.05) is 11.6 Å². The van der Waals surface area contributed by atoms with E-state index in [9.17, 15) is 0 Å². The van der Waals surface area contributed by atoms with Crippen LogP contribution in [0.4, 0.5) is 5.95 Å². The van der Waals surface area contributed by atoms with Crippen LogP contribution in [0.25, 0.3) is 11.0 Å². The summed E-state index contributed by atoms with van der Waals surface area (Å²) in [7, 11) is 0. The van der Waals surface area contributed by atoms with Crippen LogP contribution in [0.15, 0.2) is 27.1 Å². The van der Waals surface area contributed by atoms with Gasteiger partial charge in [0.05, 0.1) is 11.6 Å². The third-order valence-corrected chi connectivity index (χ3v) is 3.77. The Kier molecular flexibility index (Phi) is 2.22. The first-order valence-corrected chi connectivity index (χ1v) is 6.06. The molecule has 3 rings (SSSR count). The summed E-state index contributed by atoms with van der Waals surface area (Å²) >= 11 is 3.01. The zero-order valence-corrected chi connectivity index (χ0v) is 9.55. The minimum Gasteiger partial charge on any atom is -0.368 e. The topological polar surface area (TPSA) is 93.4 Å². The van der Waals surface area contributed by atoms with Gasteiger partial charge in [0.15, 0.2) is 9.99 Å². The van der Waals surface area contributed by atoms with Crippen molar-refractivity contribution in [3.63, 3.8) is 0 Å². The molecule has 0 fully saturated rings. The summed E-state index contributed by atoms with van der Waals surface area (Å²) in [5.41, 5.74) is 6.26. The zero-order valence-electron chi connectivity index (χ0n) is 7.91. The van der Waals surface area contributed by atoms with E-state index in [1.54, 1.807) is 23.7 Å². The predicted molar refractivity (Wildman–Crippen MR) is 62.3 cm³/mol. The van der Waals surface area contributed by atoms with Crippen molar-refractivity contribution in [3.8, 4) is 0 Å². The van der Waals surface area contributed by atoms with Gasteiger partial charge >= 0.3 is 0 Å². The number of nitrogens with zero attached hydrogens (tertiary/aromatic N) is 4. The lowest BCUT2D eigenvalue weighted by Gasteiger charge is -1.99. The van der Waals surface area contributed by atoms with Crippen LogP contribution < -0.4 is 5.73 Å². The first-order chi connectivity index (χ1) is 7.83. The zero-order chi connectivity index (χ0) is 11.0. The molecule has 16 heavy (non-hydrogen) atoms. The highest BCUT2D eigenvalue weighted by Gasteiger charge is 2.10. The van der Waals surface area contributed by atoms with Gasteiger partial charge in [0.1, 0.15) is 5.03 Å². The third-order valence-electron chi connectivity index (χ3n) is 1.89. The highest BCUT2D eigenvalue weighted by atomic mass is 32.2. The van der Waals surface area contributed by atoms with Crippen LogP contribution in [0.1, 0.15) is 0 Å². The molecule has 3 heterocycles. The van der Waals surface area contributed by atoms with E-state index in [0.29, 0.717) is 5.65 Å². The molecule has 0 spiro atoms. The van der Waals surface area contributed by atoms with Gasteiger partial charge in [-0.1, -0.05) is 0 Å². The first kappa shape index (κ1) is 9.55. The quantitative estimate of drug-likeness (QED) is 0.670. The highest BCUT2D eigenvalue weighted by molar-refractivity contribution is 8.01. The Balaban J connectivity index is 2.11. The summed E-state index contributed by atoms with van der Waals surface area (Å²) < 4.78 is 0.917. The van der Waals surface area contributed by atoms with Gasteiger partial charge in [-0.15, -0.1) is 11.3 Å².